The summed E-state index contributed by atoms with van der Waals surface area (Å²) in [7, 11) is 0. The van der Waals surface area contributed by atoms with E-state index in [1.54, 1.807) is 0 Å². The smallest absolute Gasteiger partial charge is 0.303 e. The number of fused-ring (bicyclic) bond motifs is 1. The molecule has 0 saturated carbocycles. The van der Waals surface area contributed by atoms with Crippen LogP contribution in [0.4, 0.5) is 0 Å². The molecule has 98 valence electrons. The molecular weight excluding hydrogens is 232 g/mol. The Morgan fingerprint density at radius 1 is 1.28 bits per heavy atom. The summed E-state index contributed by atoms with van der Waals surface area (Å²) in [4.78, 5) is 10.5. The van der Waals surface area contributed by atoms with E-state index in [0.717, 1.165) is 35.5 Å². The van der Waals surface area contributed by atoms with Crippen LogP contribution in [0.3, 0.4) is 0 Å². The number of ether oxygens (including phenoxy) is 2. The fourth-order valence-corrected chi connectivity index (χ4v) is 2.05. The summed E-state index contributed by atoms with van der Waals surface area (Å²) in [6.45, 7) is 3.38. The molecule has 0 amide bonds. The fourth-order valence-electron chi connectivity index (χ4n) is 2.05. The molecule has 0 atom stereocenters. The minimum absolute atomic E-state index is 0.202. The molecule has 0 aromatic heterocycles. The average molecular weight is 250 g/mol. The number of carboxylic acids is 1. The lowest BCUT2D eigenvalue weighted by atomic mass is 10.0. The van der Waals surface area contributed by atoms with Crippen LogP contribution in [-0.2, 0) is 11.2 Å². The van der Waals surface area contributed by atoms with E-state index in [0.29, 0.717) is 19.6 Å². The van der Waals surface area contributed by atoms with Gasteiger partial charge in [-0.1, -0.05) is 0 Å². The Morgan fingerprint density at radius 3 is 2.61 bits per heavy atom. The maximum absolute atomic E-state index is 10.5. The van der Waals surface area contributed by atoms with Crippen molar-refractivity contribution in [3.8, 4) is 11.5 Å². The van der Waals surface area contributed by atoms with Crippen molar-refractivity contribution in [2.45, 2.75) is 32.6 Å². The van der Waals surface area contributed by atoms with Crippen LogP contribution in [0.1, 0.15) is 30.4 Å². The lowest BCUT2D eigenvalue weighted by Gasteiger charge is -2.12. The van der Waals surface area contributed by atoms with Crippen LogP contribution in [0.5, 0.6) is 11.5 Å². The summed E-state index contributed by atoms with van der Waals surface area (Å²) in [6.07, 6.45) is 2.50. The molecule has 0 radical (unpaired) electrons. The first-order valence-corrected chi connectivity index (χ1v) is 6.28. The summed E-state index contributed by atoms with van der Waals surface area (Å²) in [5.74, 6) is 0.831. The van der Waals surface area contributed by atoms with Gasteiger partial charge in [-0.2, -0.15) is 0 Å². The minimum atomic E-state index is -0.748. The van der Waals surface area contributed by atoms with E-state index in [9.17, 15) is 4.79 Å². The standard InChI is InChI=1S/C14H18O4/c1-10-8-12-13(18-7-3-6-17-12)9-11(10)4-2-5-14(15)16/h8-9H,2-7H2,1H3,(H,15,16). The lowest BCUT2D eigenvalue weighted by Crippen LogP contribution is -1.99. The van der Waals surface area contributed by atoms with Crippen molar-refractivity contribution in [2.75, 3.05) is 13.2 Å². The molecule has 0 aliphatic carbocycles. The van der Waals surface area contributed by atoms with Gasteiger partial charge in [-0.25, -0.2) is 0 Å². The first-order valence-electron chi connectivity index (χ1n) is 6.28. The van der Waals surface area contributed by atoms with Crippen LogP contribution in [0.2, 0.25) is 0 Å². The van der Waals surface area contributed by atoms with Crippen molar-refractivity contribution in [2.24, 2.45) is 0 Å². The molecule has 0 saturated heterocycles. The normalized spacial score (nSPS) is 14.1. The van der Waals surface area contributed by atoms with Gasteiger partial charge in [0.25, 0.3) is 0 Å². The first-order chi connectivity index (χ1) is 8.66. The van der Waals surface area contributed by atoms with E-state index >= 15 is 0 Å². The van der Waals surface area contributed by atoms with Gasteiger partial charge in [0, 0.05) is 12.8 Å². The van der Waals surface area contributed by atoms with Crippen molar-refractivity contribution in [1.82, 2.24) is 0 Å². The maximum atomic E-state index is 10.5. The first kappa shape index (κ1) is 12.7. The molecule has 1 aliphatic heterocycles. The van der Waals surface area contributed by atoms with Gasteiger partial charge in [0.2, 0.25) is 0 Å². The Labute approximate surface area is 107 Å². The highest BCUT2D eigenvalue weighted by atomic mass is 16.5. The summed E-state index contributed by atoms with van der Waals surface area (Å²) in [5, 5.41) is 8.65. The van der Waals surface area contributed by atoms with Crippen molar-refractivity contribution in [3.05, 3.63) is 23.3 Å². The summed E-state index contributed by atoms with van der Waals surface area (Å²) in [6, 6.07) is 3.97. The molecule has 1 heterocycles. The number of benzene rings is 1. The number of carboxylic acid groups (broad SMARTS) is 1. The molecule has 0 bridgehead atoms. The Hall–Kier alpha value is -1.71. The number of hydrogen-bond acceptors (Lipinski definition) is 3. The molecule has 0 unspecified atom stereocenters. The van der Waals surface area contributed by atoms with Gasteiger partial charge in [0.15, 0.2) is 11.5 Å². The molecule has 1 N–H and O–H groups in total. The van der Waals surface area contributed by atoms with Gasteiger partial charge in [-0.05, 0) is 43.0 Å². The highest BCUT2D eigenvalue weighted by Gasteiger charge is 2.13. The highest BCUT2D eigenvalue weighted by molar-refractivity contribution is 5.66. The monoisotopic (exact) mass is 250 g/mol. The molecule has 18 heavy (non-hydrogen) atoms. The molecule has 4 heteroatoms. The average Bonchev–Trinajstić information content (AvgIpc) is 2.53. The van der Waals surface area contributed by atoms with Crippen molar-refractivity contribution in [3.63, 3.8) is 0 Å². The zero-order valence-corrected chi connectivity index (χ0v) is 10.6. The Kier molecular flexibility index (Phi) is 4.07. The Morgan fingerprint density at radius 2 is 1.94 bits per heavy atom. The van der Waals surface area contributed by atoms with Gasteiger partial charge in [0.05, 0.1) is 13.2 Å². The highest BCUT2D eigenvalue weighted by Crippen LogP contribution is 2.33. The molecule has 2 rings (SSSR count). The zero-order valence-electron chi connectivity index (χ0n) is 10.6. The van der Waals surface area contributed by atoms with Crippen LogP contribution in [0, 0.1) is 6.92 Å². The topological polar surface area (TPSA) is 55.8 Å². The van der Waals surface area contributed by atoms with Gasteiger partial charge >= 0.3 is 5.97 Å². The van der Waals surface area contributed by atoms with Gasteiger partial charge < -0.3 is 14.6 Å². The van der Waals surface area contributed by atoms with E-state index in [4.69, 9.17) is 14.6 Å². The number of aryl methyl sites for hydroxylation is 2. The van der Waals surface area contributed by atoms with E-state index in [1.807, 2.05) is 19.1 Å². The van der Waals surface area contributed by atoms with Crippen LogP contribution in [-0.4, -0.2) is 24.3 Å². The second kappa shape index (κ2) is 5.76. The molecule has 0 fully saturated rings. The summed E-state index contributed by atoms with van der Waals surface area (Å²) < 4.78 is 11.2. The molecular formula is C14H18O4. The fraction of sp³-hybridized carbons (Fsp3) is 0.500. The lowest BCUT2D eigenvalue weighted by molar-refractivity contribution is -0.137. The number of carbonyl (C=O) groups is 1. The SMILES string of the molecule is Cc1cc2c(cc1CCCC(=O)O)OCCCO2. The predicted octanol–water partition coefficient (Wildman–Crippen LogP) is 2.56. The summed E-state index contributed by atoms with van der Waals surface area (Å²) >= 11 is 0. The van der Waals surface area contributed by atoms with Crippen molar-refractivity contribution < 1.29 is 19.4 Å². The van der Waals surface area contributed by atoms with Crippen molar-refractivity contribution in [1.29, 1.82) is 0 Å². The second-order valence-corrected chi connectivity index (χ2v) is 4.52. The van der Waals surface area contributed by atoms with Gasteiger partial charge in [-0.15, -0.1) is 0 Å². The number of hydrogen-bond donors (Lipinski definition) is 1. The van der Waals surface area contributed by atoms with Gasteiger partial charge in [-0.3, -0.25) is 4.79 Å². The largest absolute Gasteiger partial charge is 0.490 e. The second-order valence-electron chi connectivity index (χ2n) is 4.52. The van der Waals surface area contributed by atoms with Crippen LogP contribution >= 0.6 is 0 Å². The van der Waals surface area contributed by atoms with Crippen LogP contribution in [0.15, 0.2) is 12.1 Å². The Balaban J connectivity index is 2.11. The molecule has 1 aromatic carbocycles. The zero-order chi connectivity index (χ0) is 13.0. The molecule has 4 nitrogen and oxygen atoms in total. The van der Waals surface area contributed by atoms with E-state index < -0.39 is 5.97 Å². The predicted molar refractivity (Wildman–Crippen MR) is 67.4 cm³/mol. The third-order valence-electron chi connectivity index (χ3n) is 3.04. The van der Waals surface area contributed by atoms with E-state index in [1.165, 1.54) is 0 Å². The number of rotatable bonds is 4. The molecule has 0 spiro atoms. The van der Waals surface area contributed by atoms with Gasteiger partial charge in [0.1, 0.15) is 0 Å². The Bertz CT molecular complexity index is 440. The third-order valence-corrected chi connectivity index (χ3v) is 3.04. The minimum Gasteiger partial charge on any atom is -0.490 e. The number of aliphatic carboxylic acids is 1. The quantitative estimate of drug-likeness (QED) is 0.892. The maximum Gasteiger partial charge on any atom is 0.303 e. The summed E-state index contributed by atoms with van der Waals surface area (Å²) in [5.41, 5.74) is 2.27. The van der Waals surface area contributed by atoms with E-state index in [2.05, 4.69) is 0 Å². The molecule has 1 aliphatic rings. The van der Waals surface area contributed by atoms with Crippen molar-refractivity contribution >= 4 is 5.97 Å². The van der Waals surface area contributed by atoms with E-state index in [-0.39, 0.29) is 6.42 Å². The van der Waals surface area contributed by atoms with Crippen LogP contribution in [0.25, 0.3) is 0 Å². The molecule has 1 aromatic rings. The van der Waals surface area contributed by atoms with Crippen LogP contribution < -0.4 is 9.47 Å². The third kappa shape index (κ3) is 3.15.